The number of halogens is 1. The molecule has 5 nitrogen and oxygen atoms in total. The van der Waals surface area contributed by atoms with Gasteiger partial charge in [-0.3, -0.25) is 9.17 Å². The molecule has 0 radical (unpaired) electrons. The van der Waals surface area contributed by atoms with Crippen LogP contribution in [0.3, 0.4) is 0 Å². The summed E-state index contributed by atoms with van der Waals surface area (Å²) >= 11 is 6.07. The molecule has 0 spiro atoms. The Kier molecular flexibility index (Phi) is 3.90. The van der Waals surface area contributed by atoms with E-state index in [4.69, 9.17) is 20.2 Å². The highest BCUT2D eigenvalue weighted by atomic mass is 35.5. The molecule has 0 N–H and O–H groups in total. The van der Waals surface area contributed by atoms with E-state index in [2.05, 4.69) is 4.98 Å². The molecule has 2 aromatic heterocycles. The van der Waals surface area contributed by atoms with Gasteiger partial charge in [0, 0.05) is 22.2 Å². The second-order valence-electron chi connectivity index (χ2n) is 4.78. The van der Waals surface area contributed by atoms with Crippen LogP contribution in [0.15, 0.2) is 47.0 Å². The topological polar surface area (TPSA) is 69.4 Å². The van der Waals surface area contributed by atoms with E-state index >= 15 is 0 Å². The minimum atomic E-state index is -3.55. The molecule has 3 rings (SSSR count). The van der Waals surface area contributed by atoms with E-state index < -0.39 is 10.1 Å². The third-order valence-electron chi connectivity index (χ3n) is 3.00. The van der Waals surface area contributed by atoms with Crippen molar-refractivity contribution in [3.8, 4) is 11.5 Å². The summed E-state index contributed by atoms with van der Waals surface area (Å²) in [5, 5.41) is 1.24. The fraction of sp³-hybridized carbons (Fsp3) is 0.133. The first-order chi connectivity index (χ1) is 10.4. The zero-order valence-electron chi connectivity index (χ0n) is 11.6. The predicted octanol–water partition coefficient (Wildman–Crippen LogP) is 3.62. The highest BCUT2D eigenvalue weighted by molar-refractivity contribution is 7.85. The highest BCUT2D eigenvalue weighted by Crippen LogP contribution is 2.31. The maximum absolute atomic E-state index is 11.2. The molecule has 1 aromatic carbocycles. The Morgan fingerprint density at radius 1 is 1.27 bits per heavy atom. The van der Waals surface area contributed by atoms with E-state index in [1.54, 1.807) is 18.3 Å². The lowest BCUT2D eigenvalue weighted by atomic mass is 10.1. The zero-order valence-corrected chi connectivity index (χ0v) is 13.2. The summed E-state index contributed by atoms with van der Waals surface area (Å²) in [5.41, 5.74) is 1.79. The van der Waals surface area contributed by atoms with Gasteiger partial charge < -0.3 is 4.42 Å². The Morgan fingerprint density at radius 2 is 2.09 bits per heavy atom. The summed E-state index contributed by atoms with van der Waals surface area (Å²) in [5.74, 6) is 0.582. The predicted molar refractivity (Wildman–Crippen MR) is 84.1 cm³/mol. The maximum Gasteiger partial charge on any atom is 0.264 e. The van der Waals surface area contributed by atoms with Gasteiger partial charge in [0.2, 0.25) is 0 Å². The normalized spacial score (nSPS) is 11.9. The molecule has 0 bridgehead atoms. The van der Waals surface area contributed by atoms with Crippen molar-refractivity contribution in [3.63, 3.8) is 0 Å². The molecule has 0 saturated carbocycles. The van der Waals surface area contributed by atoms with E-state index in [-0.39, 0.29) is 6.61 Å². The molecule has 0 fully saturated rings. The van der Waals surface area contributed by atoms with Crippen molar-refractivity contribution in [2.24, 2.45) is 0 Å². The molecule has 0 amide bonds. The van der Waals surface area contributed by atoms with E-state index in [0.717, 1.165) is 11.6 Å². The molecule has 0 aliphatic carbocycles. The van der Waals surface area contributed by atoms with Crippen LogP contribution < -0.4 is 0 Å². The number of aromatic nitrogens is 1. The Balaban J connectivity index is 2.07. The van der Waals surface area contributed by atoms with Gasteiger partial charge in [0.15, 0.2) is 5.76 Å². The molecule has 0 atom stereocenters. The molecular formula is C15H12ClNO4S. The van der Waals surface area contributed by atoms with Crippen molar-refractivity contribution >= 4 is 32.7 Å². The molecule has 0 aliphatic rings. The molecule has 3 aromatic rings. The van der Waals surface area contributed by atoms with Crippen molar-refractivity contribution in [1.82, 2.24) is 4.98 Å². The van der Waals surface area contributed by atoms with Crippen LogP contribution in [0.2, 0.25) is 5.02 Å². The summed E-state index contributed by atoms with van der Waals surface area (Å²) < 4.78 is 33.0. The summed E-state index contributed by atoms with van der Waals surface area (Å²) in [6, 6.07) is 10.7. The Morgan fingerprint density at radius 3 is 2.77 bits per heavy atom. The molecule has 0 aliphatic heterocycles. The summed E-state index contributed by atoms with van der Waals surface area (Å²) in [6.07, 6.45) is 2.67. The molecule has 114 valence electrons. The second-order valence-corrected chi connectivity index (χ2v) is 6.86. The lowest BCUT2D eigenvalue weighted by molar-refractivity contribution is 0.311. The van der Waals surface area contributed by atoms with E-state index in [9.17, 15) is 8.42 Å². The number of pyridine rings is 1. The van der Waals surface area contributed by atoms with Crippen LogP contribution in [0, 0.1) is 0 Å². The SMILES string of the molecule is CS(=O)(=O)OCc1cc(Cl)cc2cc(-c3ccccn3)oc12. The van der Waals surface area contributed by atoms with Gasteiger partial charge in [-0.25, -0.2) is 0 Å². The summed E-state index contributed by atoms with van der Waals surface area (Å²) in [7, 11) is -3.55. The maximum atomic E-state index is 11.2. The van der Waals surface area contributed by atoms with Crippen molar-refractivity contribution in [1.29, 1.82) is 0 Å². The molecule has 0 saturated heterocycles. The van der Waals surface area contributed by atoms with Gasteiger partial charge in [0.25, 0.3) is 10.1 Å². The Hall–Kier alpha value is -1.89. The van der Waals surface area contributed by atoms with Crippen LogP contribution in [0.25, 0.3) is 22.4 Å². The lowest BCUT2D eigenvalue weighted by Gasteiger charge is -2.03. The number of fused-ring (bicyclic) bond motifs is 1. The fourth-order valence-electron chi connectivity index (χ4n) is 2.10. The largest absolute Gasteiger partial charge is 0.454 e. The van der Waals surface area contributed by atoms with Crippen molar-refractivity contribution in [2.45, 2.75) is 6.61 Å². The number of hydrogen-bond donors (Lipinski definition) is 0. The quantitative estimate of drug-likeness (QED) is 0.680. The van der Waals surface area contributed by atoms with Crippen LogP contribution in [-0.4, -0.2) is 19.7 Å². The molecule has 22 heavy (non-hydrogen) atoms. The number of furan rings is 1. The van der Waals surface area contributed by atoms with Crippen LogP contribution in [0.4, 0.5) is 0 Å². The van der Waals surface area contributed by atoms with Gasteiger partial charge in [0.05, 0.1) is 12.9 Å². The third-order valence-corrected chi connectivity index (χ3v) is 3.77. The Labute approximate surface area is 132 Å². The van der Waals surface area contributed by atoms with Crippen LogP contribution in [-0.2, 0) is 20.9 Å². The van der Waals surface area contributed by atoms with Crippen molar-refractivity contribution < 1.29 is 17.0 Å². The highest BCUT2D eigenvalue weighted by Gasteiger charge is 2.14. The van der Waals surface area contributed by atoms with E-state index in [1.165, 1.54) is 0 Å². The first-order valence-electron chi connectivity index (χ1n) is 6.40. The van der Waals surface area contributed by atoms with Gasteiger partial charge >= 0.3 is 0 Å². The fourth-order valence-corrected chi connectivity index (χ4v) is 2.69. The monoisotopic (exact) mass is 337 g/mol. The van der Waals surface area contributed by atoms with Gasteiger partial charge in [-0.2, -0.15) is 8.42 Å². The number of rotatable bonds is 4. The minimum Gasteiger partial charge on any atom is -0.454 e. The lowest BCUT2D eigenvalue weighted by Crippen LogP contribution is -2.02. The smallest absolute Gasteiger partial charge is 0.264 e. The second kappa shape index (κ2) is 5.72. The van der Waals surface area contributed by atoms with Crippen LogP contribution in [0.1, 0.15) is 5.56 Å². The van der Waals surface area contributed by atoms with Crippen molar-refractivity contribution in [2.75, 3.05) is 6.26 Å². The number of hydrogen-bond acceptors (Lipinski definition) is 5. The first kappa shape index (κ1) is 15.0. The molecular weight excluding hydrogens is 326 g/mol. The summed E-state index contributed by atoms with van der Waals surface area (Å²) in [6.45, 7) is -0.134. The minimum absolute atomic E-state index is 0.134. The van der Waals surface area contributed by atoms with E-state index in [1.807, 2.05) is 24.3 Å². The molecule has 2 heterocycles. The van der Waals surface area contributed by atoms with E-state index in [0.29, 0.717) is 27.6 Å². The van der Waals surface area contributed by atoms with Crippen LogP contribution >= 0.6 is 11.6 Å². The van der Waals surface area contributed by atoms with Gasteiger partial charge in [0.1, 0.15) is 11.3 Å². The zero-order chi connectivity index (χ0) is 15.7. The standard InChI is InChI=1S/C15H12ClNO4S/c1-22(18,19)20-9-11-7-12(16)6-10-8-14(21-15(10)11)13-4-2-3-5-17-13/h2-8H,9H2,1H3. The number of benzene rings is 1. The van der Waals surface area contributed by atoms with Crippen molar-refractivity contribution in [3.05, 3.63) is 53.2 Å². The molecule has 0 unspecified atom stereocenters. The van der Waals surface area contributed by atoms with Gasteiger partial charge in [-0.1, -0.05) is 17.7 Å². The van der Waals surface area contributed by atoms with Gasteiger partial charge in [-0.05, 0) is 30.3 Å². The summed E-state index contributed by atoms with van der Waals surface area (Å²) in [4.78, 5) is 4.23. The Bertz CT molecular complexity index is 919. The number of nitrogens with zero attached hydrogens (tertiary/aromatic N) is 1. The third kappa shape index (κ3) is 3.30. The van der Waals surface area contributed by atoms with Crippen LogP contribution in [0.5, 0.6) is 0 Å². The first-order valence-corrected chi connectivity index (χ1v) is 8.59. The average Bonchev–Trinajstić information content (AvgIpc) is 2.88. The average molecular weight is 338 g/mol. The van der Waals surface area contributed by atoms with Gasteiger partial charge in [-0.15, -0.1) is 0 Å². The molecule has 7 heteroatoms.